The third-order valence-corrected chi connectivity index (χ3v) is 6.08. The van der Waals surface area contributed by atoms with Crippen LogP contribution in [0.4, 0.5) is 8.78 Å². The van der Waals surface area contributed by atoms with Crippen LogP contribution in [-0.2, 0) is 28.0 Å². The number of carboxylic acid groups (broad SMARTS) is 1. The van der Waals surface area contributed by atoms with Crippen LogP contribution in [0.3, 0.4) is 0 Å². The SMILES string of the molecule is CCc1cccc([C@](C)(NC[C@@H](O)[C@H](Cc2cc(F)cc(F)c2)NC(C)=O)C(C)C(=O)O)c1. The van der Waals surface area contributed by atoms with Crippen LogP contribution in [0.5, 0.6) is 0 Å². The number of amides is 1. The maximum atomic E-state index is 13.6. The lowest BCUT2D eigenvalue weighted by Gasteiger charge is -2.37. The molecule has 0 aliphatic heterocycles. The van der Waals surface area contributed by atoms with Gasteiger partial charge in [0.25, 0.3) is 0 Å². The van der Waals surface area contributed by atoms with Crippen molar-refractivity contribution < 1.29 is 28.6 Å². The molecule has 2 aromatic carbocycles. The second kappa shape index (κ2) is 11.3. The molecule has 0 spiro atoms. The van der Waals surface area contributed by atoms with Crippen molar-refractivity contribution in [2.45, 2.75) is 58.2 Å². The van der Waals surface area contributed by atoms with Crippen LogP contribution in [0.1, 0.15) is 44.4 Å². The zero-order valence-corrected chi connectivity index (χ0v) is 19.4. The topological polar surface area (TPSA) is 98.7 Å². The second-order valence-corrected chi connectivity index (χ2v) is 8.55. The van der Waals surface area contributed by atoms with Gasteiger partial charge in [-0.15, -0.1) is 0 Å². The molecule has 8 heteroatoms. The van der Waals surface area contributed by atoms with Crippen LogP contribution < -0.4 is 10.6 Å². The van der Waals surface area contributed by atoms with Crippen molar-refractivity contribution >= 4 is 11.9 Å². The molecule has 0 saturated heterocycles. The normalized spacial score (nSPS) is 15.8. The number of carbonyl (C=O) groups excluding carboxylic acids is 1. The molecule has 2 aromatic rings. The average Bonchev–Trinajstić information content (AvgIpc) is 2.75. The summed E-state index contributed by atoms with van der Waals surface area (Å²) < 4.78 is 27.2. The lowest BCUT2D eigenvalue weighted by molar-refractivity contribution is -0.144. The first-order valence-corrected chi connectivity index (χ1v) is 10.9. The number of nitrogens with one attached hydrogen (secondary N) is 2. The van der Waals surface area contributed by atoms with Gasteiger partial charge in [-0.2, -0.15) is 0 Å². The Labute approximate surface area is 193 Å². The molecule has 6 nitrogen and oxygen atoms in total. The maximum absolute atomic E-state index is 13.6. The molecule has 0 aliphatic rings. The number of carbonyl (C=O) groups is 2. The van der Waals surface area contributed by atoms with Crippen molar-refractivity contribution in [3.8, 4) is 0 Å². The predicted octanol–water partition coefficient (Wildman–Crippen LogP) is 3.16. The number of benzene rings is 2. The zero-order valence-electron chi connectivity index (χ0n) is 19.4. The van der Waals surface area contributed by atoms with E-state index in [2.05, 4.69) is 10.6 Å². The Kier molecular flexibility index (Phi) is 9.07. The van der Waals surface area contributed by atoms with E-state index >= 15 is 0 Å². The van der Waals surface area contributed by atoms with Gasteiger partial charge >= 0.3 is 5.97 Å². The standard InChI is InChI=1S/C25H32F2N2O4/c1-5-17-7-6-8-19(9-17)25(4,15(2)24(32)33)28-14-23(31)22(29-16(3)30)12-18-10-20(26)13-21(27)11-18/h6-11,13,15,22-23,28,31H,5,12,14H2,1-4H3,(H,29,30)(H,32,33)/t15?,22-,23+,25+/m0/s1. The highest BCUT2D eigenvalue weighted by Gasteiger charge is 2.38. The summed E-state index contributed by atoms with van der Waals surface area (Å²) in [6.45, 7) is 6.56. The smallest absolute Gasteiger partial charge is 0.308 e. The summed E-state index contributed by atoms with van der Waals surface area (Å²) in [6, 6.07) is 9.77. The monoisotopic (exact) mass is 462 g/mol. The fraction of sp³-hybridized carbons (Fsp3) is 0.440. The molecular formula is C25H32F2N2O4. The van der Waals surface area contributed by atoms with E-state index in [0.717, 1.165) is 35.7 Å². The fourth-order valence-corrected chi connectivity index (χ4v) is 3.85. The molecule has 0 heterocycles. The fourth-order valence-electron chi connectivity index (χ4n) is 3.85. The molecule has 4 N–H and O–H groups in total. The van der Waals surface area contributed by atoms with Gasteiger partial charge in [0.1, 0.15) is 11.6 Å². The summed E-state index contributed by atoms with van der Waals surface area (Å²) >= 11 is 0. The third-order valence-electron chi connectivity index (χ3n) is 6.08. The van der Waals surface area contributed by atoms with E-state index in [0.29, 0.717) is 0 Å². The van der Waals surface area contributed by atoms with Gasteiger partial charge in [0.05, 0.1) is 23.6 Å². The van der Waals surface area contributed by atoms with E-state index in [1.165, 1.54) is 6.92 Å². The molecule has 4 atom stereocenters. The minimum absolute atomic E-state index is 0.00632. The number of aliphatic hydroxyl groups is 1. The largest absolute Gasteiger partial charge is 0.481 e. The molecule has 1 amide bonds. The highest BCUT2D eigenvalue weighted by molar-refractivity contribution is 5.73. The molecule has 0 radical (unpaired) electrons. The molecule has 0 saturated carbocycles. The quantitative estimate of drug-likeness (QED) is 0.411. The second-order valence-electron chi connectivity index (χ2n) is 8.55. The molecule has 0 fully saturated rings. The van der Waals surface area contributed by atoms with Gasteiger partial charge in [0.15, 0.2) is 0 Å². The molecule has 0 aliphatic carbocycles. The van der Waals surface area contributed by atoms with Gasteiger partial charge in [0, 0.05) is 19.5 Å². The van der Waals surface area contributed by atoms with Gasteiger partial charge in [-0.3, -0.25) is 9.59 Å². The summed E-state index contributed by atoms with van der Waals surface area (Å²) in [5.41, 5.74) is 1.06. The molecule has 2 rings (SSSR count). The van der Waals surface area contributed by atoms with Crippen molar-refractivity contribution in [3.05, 3.63) is 70.8 Å². The van der Waals surface area contributed by atoms with E-state index in [1.807, 2.05) is 31.2 Å². The van der Waals surface area contributed by atoms with Crippen LogP contribution in [0.2, 0.25) is 0 Å². The molecule has 1 unspecified atom stereocenters. The summed E-state index contributed by atoms with van der Waals surface area (Å²) in [7, 11) is 0. The van der Waals surface area contributed by atoms with Crippen LogP contribution >= 0.6 is 0 Å². The number of rotatable bonds is 11. The molecule has 0 bridgehead atoms. The summed E-state index contributed by atoms with van der Waals surface area (Å²) in [5.74, 6) is -3.76. The van der Waals surface area contributed by atoms with Crippen molar-refractivity contribution in [2.75, 3.05) is 6.54 Å². The number of halogens is 2. The number of hydrogen-bond donors (Lipinski definition) is 4. The van der Waals surface area contributed by atoms with Crippen LogP contribution in [0.15, 0.2) is 42.5 Å². The molecular weight excluding hydrogens is 430 g/mol. The Morgan fingerprint density at radius 3 is 2.27 bits per heavy atom. The number of hydrogen-bond acceptors (Lipinski definition) is 4. The van der Waals surface area contributed by atoms with E-state index in [-0.39, 0.29) is 18.5 Å². The van der Waals surface area contributed by atoms with Crippen LogP contribution in [0, 0.1) is 17.6 Å². The highest BCUT2D eigenvalue weighted by Crippen LogP contribution is 2.30. The number of aliphatic carboxylic acids is 1. The first-order chi connectivity index (χ1) is 15.5. The third kappa shape index (κ3) is 7.07. The van der Waals surface area contributed by atoms with E-state index in [9.17, 15) is 28.6 Å². The Morgan fingerprint density at radius 1 is 1.09 bits per heavy atom. The summed E-state index contributed by atoms with van der Waals surface area (Å²) in [6.07, 6.45) is -0.383. The lowest BCUT2D eigenvalue weighted by atomic mass is 9.79. The Morgan fingerprint density at radius 2 is 1.73 bits per heavy atom. The van der Waals surface area contributed by atoms with Gasteiger partial charge in [-0.25, -0.2) is 8.78 Å². The Balaban J connectivity index is 2.28. The minimum Gasteiger partial charge on any atom is -0.481 e. The summed E-state index contributed by atoms with van der Waals surface area (Å²) in [4.78, 5) is 23.6. The van der Waals surface area contributed by atoms with E-state index in [1.54, 1.807) is 13.8 Å². The number of carboxylic acids is 1. The number of aliphatic hydroxyl groups excluding tert-OH is 1. The molecule has 180 valence electrons. The first-order valence-electron chi connectivity index (χ1n) is 10.9. The van der Waals surface area contributed by atoms with Gasteiger partial charge in [-0.05, 0) is 55.5 Å². The zero-order chi connectivity index (χ0) is 24.8. The predicted molar refractivity (Wildman–Crippen MR) is 122 cm³/mol. The number of aryl methyl sites for hydroxylation is 1. The van der Waals surface area contributed by atoms with Crippen molar-refractivity contribution in [1.29, 1.82) is 0 Å². The van der Waals surface area contributed by atoms with Crippen molar-refractivity contribution in [1.82, 2.24) is 10.6 Å². The minimum atomic E-state index is -1.16. The van der Waals surface area contributed by atoms with E-state index in [4.69, 9.17) is 0 Å². The van der Waals surface area contributed by atoms with Gasteiger partial charge in [-0.1, -0.05) is 31.2 Å². The van der Waals surface area contributed by atoms with Crippen LogP contribution in [0.25, 0.3) is 0 Å². The maximum Gasteiger partial charge on any atom is 0.308 e. The molecule has 33 heavy (non-hydrogen) atoms. The van der Waals surface area contributed by atoms with Crippen molar-refractivity contribution in [3.63, 3.8) is 0 Å². The Bertz CT molecular complexity index is 964. The molecule has 0 aromatic heterocycles. The van der Waals surface area contributed by atoms with Gasteiger partial charge < -0.3 is 20.8 Å². The Hall–Kier alpha value is -2.84. The van der Waals surface area contributed by atoms with Gasteiger partial charge in [0.2, 0.25) is 5.91 Å². The first kappa shape index (κ1) is 26.4. The summed E-state index contributed by atoms with van der Waals surface area (Å²) in [5, 5.41) is 26.4. The van der Waals surface area contributed by atoms with Crippen molar-refractivity contribution in [2.24, 2.45) is 5.92 Å². The highest BCUT2D eigenvalue weighted by atomic mass is 19.1. The average molecular weight is 463 g/mol. The van der Waals surface area contributed by atoms with Crippen LogP contribution in [-0.4, -0.2) is 40.8 Å². The van der Waals surface area contributed by atoms with E-state index < -0.39 is 47.1 Å². The lowest BCUT2D eigenvalue weighted by Crippen LogP contribution is -2.54.